The number of carbonyl (C=O) groups excluding carboxylic acids is 3. The summed E-state index contributed by atoms with van der Waals surface area (Å²) in [7, 11) is 1.31. The van der Waals surface area contributed by atoms with E-state index in [1.54, 1.807) is 6.92 Å². The zero-order valence-electron chi connectivity index (χ0n) is 27.8. The van der Waals surface area contributed by atoms with E-state index in [1.807, 2.05) is 31.1 Å². The third-order valence-electron chi connectivity index (χ3n) is 11.1. The first kappa shape index (κ1) is 30.6. The molecule has 2 N–H and O–H groups in total. The molecule has 0 spiro atoms. The van der Waals surface area contributed by atoms with E-state index < -0.39 is 12.1 Å². The minimum Gasteiger partial charge on any atom is -0.453 e. The summed E-state index contributed by atoms with van der Waals surface area (Å²) in [5.74, 6) is 1.91. The number of methoxy groups -OCH3 is 1. The number of ether oxygens (including phenoxy) is 1. The van der Waals surface area contributed by atoms with Crippen molar-refractivity contribution in [2.24, 2.45) is 22.7 Å². The van der Waals surface area contributed by atoms with Crippen molar-refractivity contribution in [3.8, 4) is 22.4 Å². The molecule has 4 heterocycles. The average Bonchev–Trinajstić information content (AvgIpc) is 3.68. The number of likely N-dealkylation sites (tertiary alicyclic amines) is 2. The molecule has 1 aromatic heterocycles. The van der Waals surface area contributed by atoms with E-state index in [4.69, 9.17) is 14.7 Å². The van der Waals surface area contributed by atoms with Crippen LogP contribution in [-0.2, 0) is 14.3 Å². The number of nitrogens with one attached hydrogen (secondary N) is 2. The third kappa shape index (κ3) is 5.41. The molecule has 10 nitrogen and oxygen atoms in total. The van der Waals surface area contributed by atoms with Gasteiger partial charge in [-0.3, -0.25) is 14.6 Å². The Morgan fingerprint density at radius 3 is 2.08 bits per heavy atom. The van der Waals surface area contributed by atoms with Gasteiger partial charge >= 0.3 is 6.09 Å². The summed E-state index contributed by atoms with van der Waals surface area (Å²) in [4.78, 5) is 55.0. The number of hydrogen-bond donors (Lipinski definition) is 2. The molecule has 8 rings (SSSR count). The normalized spacial score (nSPS) is 27.3. The SMILES string of the molecule is COC(=O)N[C@H](C(=O)N1[C@@H]2C[C@@H]2C[C@H]1c1ncc(-c2ccc(-c3ccc(C4=CN=C([C@@H]5C[C@H]6C[C@H]6N5C(C)=O)C4)cc3)cc2)[nH]1)C(C)C. The first-order valence-corrected chi connectivity index (χ1v) is 17.2. The van der Waals surface area contributed by atoms with Crippen molar-refractivity contribution in [2.45, 2.75) is 83.1 Å². The Hall–Kier alpha value is -4.73. The maximum Gasteiger partial charge on any atom is 0.407 e. The standard InChI is InChI=1S/C38H42N6O4/c1-20(2)35(42-38(47)48-4)37(46)44-32-15-27(32)17-34(44)36-40-19-30(41-36)25-11-9-23(10-12-25)22-5-7-24(8-6-22)28-13-29(39-18-28)33-16-26-14-31(26)43(33)21(3)45/h5-12,18-20,26-27,31-35H,13-17H2,1-4H3,(H,40,41)(H,42,47)/t26-,27-,31-,32-,33+,34+,35+/m1/s1. The Bertz CT molecular complexity index is 1830. The number of hydrogen-bond acceptors (Lipinski definition) is 6. The molecule has 7 atom stereocenters. The molecular formula is C38H42N6O4. The van der Waals surface area contributed by atoms with Crippen molar-refractivity contribution in [3.05, 3.63) is 72.3 Å². The molecule has 48 heavy (non-hydrogen) atoms. The number of piperidine rings is 2. The first-order chi connectivity index (χ1) is 23.2. The number of amides is 3. The van der Waals surface area contributed by atoms with Crippen LogP contribution in [0.1, 0.15) is 70.3 Å². The van der Waals surface area contributed by atoms with Gasteiger partial charge in [-0.1, -0.05) is 62.4 Å². The third-order valence-corrected chi connectivity index (χ3v) is 11.1. The van der Waals surface area contributed by atoms with Crippen LogP contribution >= 0.6 is 0 Å². The molecule has 0 unspecified atom stereocenters. The van der Waals surface area contributed by atoms with Gasteiger partial charge in [0.1, 0.15) is 11.9 Å². The lowest BCUT2D eigenvalue weighted by Gasteiger charge is -2.31. The Labute approximate surface area is 280 Å². The predicted molar refractivity (Wildman–Crippen MR) is 183 cm³/mol. The molecule has 2 saturated carbocycles. The van der Waals surface area contributed by atoms with Crippen molar-refractivity contribution < 1.29 is 19.1 Å². The fourth-order valence-electron chi connectivity index (χ4n) is 8.28. The van der Waals surface area contributed by atoms with Gasteiger partial charge in [-0.15, -0.1) is 0 Å². The van der Waals surface area contributed by atoms with Gasteiger partial charge in [-0.2, -0.15) is 0 Å². The van der Waals surface area contributed by atoms with Gasteiger partial charge in [0.25, 0.3) is 0 Å². The van der Waals surface area contributed by atoms with E-state index in [0.29, 0.717) is 17.9 Å². The fraction of sp³-hybridized carbons (Fsp3) is 0.447. The maximum absolute atomic E-state index is 13.7. The number of benzene rings is 2. The molecule has 0 radical (unpaired) electrons. The van der Waals surface area contributed by atoms with Crippen LogP contribution in [0.25, 0.3) is 28.0 Å². The predicted octanol–water partition coefficient (Wildman–Crippen LogP) is 5.98. The molecule has 3 aromatic rings. The highest BCUT2D eigenvalue weighted by Gasteiger charge is 2.56. The van der Waals surface area contributed by atoms with Crippen LogP contribution in [0.4, 0.5) is 4.79 Å². The minimum absolute atomic E-state index is 0.0781. The number of carbonyl (C=O) groups is 3. The second-order valence-corrected chi connectivity index (χ2v) is 14.4. The number of H-pyrrole nitrogens is 1. The summed E-state index contributed by atoms with van der Waals surface area (Å²) in [6.07, 6.45) is 8.07. The summed E-state index contributed by atoms with van der Waals surface area (Å²) in [6, 6.07) is 17.0. The number of aromatic amines is 1. The van der Waals surface area contributed by atoms with Crippen LogP contribution in [0.15, 0.2) is 65.9 Å². The molecule has 3 aliphatic heterocycles. The van der Waals surface area contributed by atoms with Crippen molar-refractivity contribution in [2.75, 3.05) is 7.11 Å². The molecule has 2 saturated heterocycles. The number of aromatic nitrogens is 2. The molecule has 5 aliphatic rings. The molecule has 2 aromatic carbocycles. The molecule has 10 heteroatoms. The van der Waals surface area contributed by atoms with Crippen molar-refractivity contribution in [1.82, 2.24) is 25.1 Å². The Balaban J connectivity index is 0.922. The smallest absolute Gasteiger partial charge is 0.407 e. The highest BCUT2D eigenvalue weighted by atomic mass is 16.5. The van der Waals surface area contributed by atoms with E-state index in [1.165, 1.54) is 12.7 Å². The first-order valence-electron chi connectivity index (χ1n) is 17.2. The zero-order valence-corrected chi connectivity index (χ0v) is 27.8. The zero-order chi connectivity index (χ0) is 33.3. The van der Waals surface area contributed by atoms with Gasteiger partial charge in [0.2, 0.25) is 11.8 Å². The fourth-order valence-corrected chi connectivity index (χ4v) is 8.28. The lowest BCUT2D eigenvalue weighted by molar-refractivity contribution is -0.136. The monoisotopic (exact) mass is 646 g/mol. The number of rotatable bonds is 8. The van der Waals surface area contributed by atoms with Gasteiger partial charge in [-0.05, 0) is 71.3 Å². The summed E-state index contributed by atoms with van der Waals surface area (Å²) in [5.41, 5.74) is 7.66. The number of allylic oxidation sites excluding steroid dienone is 1. The van der Waals surface area contributed by atoms with E-state index in [2.05, 4.69) is 63.7 Å². The number of nitrogens with zero attached hydrogens (tertiary/aromatic N) is 4. The van der Waals surface area contributed by atoms with Crippen molar-refractivity contribution in [3.63, 3.8) is 0 Å². The van der Waals surface area contributed by atoms with Gasteiger partial charge < -0.3 is 24.8 Å². The molecular weight excluding hydrogens is 604 g/mol. The molecule has 248 valence electrons. The van der Waals surface area contributed by atoms with Gasteiger partial charge in [-0.25, -0.2) is 9.78 Å². The summed E-state index contributed by atoms with van der Waals surface area (Å²) < 4.78 is 4.78. The molecule has 2 aliphatic carbocycles. The van der Waals surface area contributed by atoms with Crippen LogP contribution in [0.5, 0.6) is 0 Å². The van der Waals surface area contributed by atoms with Crippen LogP contribution < -0.4 is 5.32 Å². The highest BCUT2D eigenvalue weighted by Crippen LogP contribution is 2.53. The van der Waals surface area contributed by atoms with Crippen LogP contribution in [-0.4, -0.2) is 74.7 Å². The van der Waals surface area contributed by atoms with Crippen LogP contribution in [0.3, 0.4) is 0 Å². The van der Waals surface area contributed by atoms with Gasteiger partial charge in [0.05, 0.1) is 31.1 Å². The summed E-state index contributed by atoms with van der Waals surface area (Å²) in [5, 5.41) is 2.74. The topological polar surface area (TPSA) is 120 Å². The van der Waals surface area contributed by atoms with E-state index in [9.17, 15) is 14.4 Å². The quantitative estimate of drug-likeness (QED) is 0.312. The molecule has 3 amide bonds. The lowest BCUT2D eigenvalue weighted by Crippen LogP contribution is -2.52. The maximum atomic E-state index is 13.7. The van der Waals surface area contributed by atoms with Gasteiger partial charge in [0.15, 0.2) is 0 Å². The van der Waals surface area contributed by atoms with Crippen LogP contribution in [0, 0.1) is 17.8 Å². The number of alkyl carbamates (subject to hydrolysis) is 1. The van der Waals surface area contributed by atoms with Crippen molar-refractivity contribution >= 4 is 29.2 Å². The van der Waals surface area contributed by atoms with E-state index >= 15 is 0 Å². The van der Waals surface area contributed by atoms with Crippen LogP contribution in [0.2, 0.25) is 0 Å². The largest absolute Gasteiger partial charge is 0.453 e. The summed E-state index contributed by atoms with van der Waals surface area (Å²) >= 11 is 0. The van der Waals surface area contributed by atoms with Crippen molar-refractivity contribution in [1.29, 1.82) is 0 Å². The van der Waals surface area contributed by atoms with E-state index in [-0.39, 0.29) is 35.9 Å². The number of aliphatic imine (C=N–C) groups is 1. The Morgan fingerprint density at radius 2 is 1.46 bits per heavy atom. The highest BCUT2D eigenvalue weighted by molar-refractivity contribution is 6.03. The van der Waals surface area contributed by atoms with Gasteiger partial charge in [0, 0.05) is 37.3 Å². The second kappa shape index (κ2) is 11.8. The molecule has 4 fully saturated rings. The average molecular weight is 647 g/mol. The lowest BCUT2D eigenvalue weighted by atomic mass is 9.95. The molecule has 0 bridgehead atoms. The summed E-state index contributed by atoms with van der Waals surface area (Å²) in [6.45, 7) is 5.54. The number of imidazole rings is 1. The Kier molecular flexibility index (Phi) is 7.49. The van der Waals surface area contributed by atoms with E-state index in [0.717, 1.165) is 71.6 Å². The number of fused-ring (bicyclic) bond motifs is 2. The minimum atomic E-state index is -0.655. The Morgan fingerprint density at radius 1 is 0.854 bits per heavy atom. The second-order valence-electron chi connectivity index (χ2n) is 14.4.